The smallest absolute Gasteiger partial charge is 0.200 e. The van der Waals surface area contributed by atoms with Crippen molar-refractivity contribution in [2.45, 2.75) is 0 Å². The Morgan fingerprint density at radius 3 is 2.70 bits per heavy atom. The average Bonchev–Trinajstić information content (AvgIpc) is 3.12. The Kier molecular flexibility index (Phi) is 2.74. The van der Waals surface area contributed by atoms with Crippen LogP contribution < -0.4 is 5.73 Å². The molecule has 7 heteroatoms. The Labute approximate surface area is 130 Å². The van der Waals surface area contributed by atoms with Crippen LogP contribution in [0.5, 0.6) is 5.88 Å². The summed E-state index contributed by atoms with van der Waals surface area (Å²) in [6.45, 7) is 0. The number of nitrogens with zero attached hydrogens (tertiary/aromatic N) is 2. The van der Waals surface area contributed by atoms with Crippen molar-refractivity contribution in [3.05, 3.63) is 48.0 Å². The third-order valence-electron chi connectivity index (χ3n) is 3.81. The summed E-state index contributed by atoms with van der Waals surface area (Å²) >= 11 is 0. The van der Waals surface area contributed by atoms with Crippen LogP contribution in [0.4, 0.5) is 0 Å². The van der Waals surface area contributed by atoms with Crippen LogP contribution in [0.15, 0.2) is 47.6 Å². The first-order valence-corrected chi connectivity index (χ1v) is 6.95. The summed E-state index contributed by atoms with van der Waals surface area (Å²) in [6.07, 6.45) is 0. The molecule has 0 saturated heterocycles. The van der Waals surface area contributed by atoms with Crippen LogP contribution in [0.1, 0.15) is 5.56 Å². The molecule has 0 saturated carbocycles. The van der Waals surface area contributed by atoms with Gasteiger partial charge in [-0.2, -0.15) is 0 Å². The number of amidine groups is 1. The summed E-state index contributed by atoms with van der Waals surface area (Å²) in [7, 11) is 0. The molecule has 0 aliphatic rings. The van der Waals surface area contributed by atoms with Crippen LogP contribution in [0.3, 0.4) is 0 Å². The molecule has 6 N–H and O–H groups in total. The molecular weight excluding hydrogens is 294 g/mol. The summed E-state index contributed by atoms with van der Waals surface area (Å²) in [6, 6.07) is 12.8. The first-order valence-electron chi connectivity index (χ1n) is 6.95. The standard InChI is InChI=1S/C16H13N5O2/c17-14(21-23)8-5-6-10-9(7-8)13(16(22)20-10)15-18-11-3-1-2-4-12(11)19-15/h1-7,20,22-23H,(H2,17,21)(H,18,19). The predicted molar refractivity (Wildman–Crippen MR) is 87.6 cm³/mol. The molecule has 0 spiro atoms. The molecule has 0 bridgehead atoms. The number of fused-ring (bicyclic) bond motifs is 2. The molecule has 2 heterocycles. The van der Waals surface area contributed by atoms with Crippen molar-refractivity contribution in [3.63, 3.8) is 0 Å². The molecule has 2 aromatic heterocycles. The number of aromatic nitrogens is 3. The molecule has 0 radical (unpaired) electrons. The number of rotatable bonds is 2. The fourth-order valence-electron chi connectivity index (χ4n) is 2.71. The number of nitrogens with two attached hydrogens (primary N) is 1. The molecule has 0 aliphatic carbocycles. The topological polar surface area (TPSA) is 123 Å². The lowest BCUT2D eigenvalue weighted by molar-refractivity contribution is 0.318. The number of para-hydroxylation sites is 2. The van der Waals surface area contributed by atoms with Gasteiger partial charge >= 0.3 is 0 Å². The van der Waals surface area contributed by atoms with Crippen molar-refractivity contribution in [2.24, 2.45) is 10.9 Å². The van der Waals surface area contributed by atoms with Gasteiger partial charge in [0.15, 0.2) is 5.84 Å². The van der Waals surface area contributed by atoms with Gasteiger partial charge in [-0.25, -0.2) is 4.98 Å². The molecular formula is C16H13N5O2. The average molecular weight is 307 g/mol. The van der Waals surface area contributed by atoms with Gasteiger partial charge in [-0.05, 0) is 30.3 Å². The molecule has 23 heavy (non-hydrogen) atoms. The van der Waals surface area contributed by atoms with E-state index in [0.717, 1.165) is 21.9 Å². The first kappa shape index (κ1) is 13.2. The fraction of sp³-hybridized carbons (Fsp3) is 0. The van der Waals surface area contributed by atoms with E-state index in [1.165, 1.54) is 0 Å². The molecule has 4 rings (SSSR count). The highest BCUT2D eigenvalue weighted by atomic mass is 16.4. The van der Waals surface area contributed by atoms with Crippen molar-refractivity contribution < 1.29 is 10.3 Å². The van der Waals surface area contributed by atoms with E-state index in [9.17, 15) is 5.11 Å². The summed E-state index contributed by atoms with van der Waals surface area (Å²) < 4.78 is 0. The van der Waals surface area contributed by atoms with Gasteiger partial charge in [0.2, 0.25) is 5.88 Å². The highest BCUT2D eigenvalue weighted by Crippen LogP contribution is 2.36. The van der Waals surface area contributed by atoms with Gasteiger partial charge in [0.25, 0.3) is 0 Å². The monoisotopic (exact) mass is 307 g/mol. The van der Waals surface area contributed by atoms with E-state index in [-0.39, 0.29) is 11.7 Å². The molecule has 7 nitrogen and oxygen atoms in total. The van der Waals surface area contributed by atoms with E-state index < -0.39 is 0 Å². The number of nitrogens with one attached hydrogen (secondary N) is 2. The Bertz CT molecular complexity index is 1030. The van der Waals surface area contributed by atoms with Gasteiger partial charge in [-0.15, -0.1) is 0 Å². The maximum Gasteiger partial charge on any atom is 0.200 e. The maximum absolute atomic E-state index is 10.3. The Morgan fingerprint density at radius 1 is 1.09 bits per heavy atom. The van der Waals surface area contributed by atoms with Gasteiger partial charge in [-0.3, -0.25) is 0 Å². The minimum absolute atomic E-state index is 0.00291. The minimum atomic E-state index is 0.00291. The number of H-pyrrole nitrogens is 2. The number of aromatic hydroxyl groups is 1. The van der Waals surface area contributed by atoms with Crippen molar-refractivity contribution in [1.82, 2.24) is 15.0 Å². The van der Waals surface area contributed by atoms with Crippen LogP contribution in [0.25, 0.3) is 33.3 Å². The number of oxime groups is 1. The zero-order chi connectivity index (χ0) is 16.0. The van der Waals surface area contributed by atoms with Crippen LogP contribution in [-0.2, 0) is 0 Å². The number of aromatic amines is 2. The van der Waals surface area contributed by atoms with E-state index >= 15 is 0 Å². The third kappa shape index (κ3) is 1.98. The van der Waals surface area contributed by atoms with Crippen LogP contribution in [0, 0.1) is 0 Å². The summed E-state index contributed by atoms with van der Waals surface area (Å²) in [5.74, 6) is 0.561. The second-order valence-electron chi connectivity index (χ2n) is 5.20. The predicted octanol–water partition coefficient (Wildman–Crippen LogP) is 2.51. The number of hydrogen-bond acceptors (Lipinski definition) is 4. The fourth-order valence-corrected chi connectivity index (χ4v) is 2.71. The SMILES string of the molecule is NC(=NO)c1ccc2[nH]c(O)c(-c3nc4ccccc4[nH]3)c2c1. The van der Waals surface area contributed by atoms with Crippen LogP contribution in [-0.4, -0.2) is 31.1 Å². The highest BCUT2D eigenvalue weighted by Gasteiger charge is 2.17. The molecule has 114 valence electrons. The molecule has 0 atom stereocenters. The van der Waals surface area contributed by atoms with Crippen molar-refractivity contribution in [2.75, 3.05) is 0 Å². The third-order valence-corrected chi connectivity index (χ3v) is 3.81. The van der Waals surface area contributed by atoms with E-state index in [2.05, 4.69) is 20.1 Å². The second kappa shape index (κ2) is 4.77. The molecule has 0 amide bonds. The maximum atomic E-state index is 10.3. The zero-order valence-corrected chi connectivity index (χ0v) is 11.9. The molecule has 0 fully saturated rings. The Balaban J connectivity index is 1.99. The zero-order valence-electron chi connectivity index (χ0n) is 11.9. The molecule has 2 aromatic carbocycles. The largest absolute Gasteiger partial charge is 0.494 e. The van der Waals surface area contributed by atoms with Crippen LogP contribution >= 0.6 is 0 Å². The normalized spacial score (nSPS) is 12.3. The van der Waals surface area contributed by atoms with Crippen LogP contribution in [0.2, 0.25) is 0 Å². The van der Waals surface area contributed by atoms with Crippen molar-refractivity contribution >= 4 is 27.8 Å². The van der Waals surface area contributed by atoms with Crippen molar-refractivity contribution in [3.8, 4) is 17.3 Å². The lowest BCUT2D eigenvalue weighted by atomic mass is 10.1. The lowest BCUT2D eigenvalue weighted by Crippen LogP contribution is -2.12. The quantitative estimate of drug-likeness (QED) is 0.169. The first-order chi connectivity index (χ1) is 11.2. The van der Waals surface area contributed by atoms with E-state index in [1.807, 2.05) is 24.3 Å². The number of hydrogen-bond donors (Lipinski definition) is 5. The van der Waals surface area contributed by atoms with Gasteiger partial charge < -0.3 is 26.0 Å². The van der Waals surface area contributed by atoms with Gasteiger partial charge in [0.1, 0.15) is 5.82 Å². The van der Waals surface area contributed by atoms with E-state index in [1.54, 1.807) is 18.2 Å². The molecule has 4 aromatic rings. The second-order valence-corrected chi connectivity index (χ2v) is 5.20. The van der Waals surface area contributed by atoms with E-state index in [4.69, 9.17) is 10.9 Å². The number of benzene rings is 2. The van der Waals surface area contributed by atoms with E-state index in [0.29, 0.717) is 17.0 Å². The Hall–Kier alpha value is -3.48. The molecule has 0 unspecified atom stereocenters. The lowest BCUT2D eigenvalue weighted by Gasteiger charge is -2.00. The number of imidazole rings is 1. The summed E-state index contributed by atoms with van der Waals surface area (Å²) in [4.78, 5) is 10.6. The van der Waals surface area contributed by atoms with Gasteiger partial charge in [0.05, 0.1) is 16.6 Å². The minimum Gasteiger partial charge on any atom is -0.494 e. The summed E-state index contributed by atoms with van der Waals surface area (Å²) in [5, 5.41) is 22.8. The van der Waals surface area contributed by atoms with Gasteiger partial charge in [-0.1, -0.05) is 17.3 Å². The van der Waals surface area contributed by atoms with Gasteiger partial charge in [0, 0.05) is 16.5 Å². The van der Waals surface area contributed by atoms with Crippen molar-refractivity contribution in [1.29, 1.82) is 0 Å². The summed E-state index contributed by atoms with van der Waals surface area (Å²) in [5.41, 5.74) is 9.16. The Morgan fingerprint density at radius 2 is 1.91 bits per heavy atom. The molecule has 0 aliphatic heterocycles. The highest BCUT2D eigenvalue weighted by molar-refractivity contribution is 6.05.